The standard InChI is InChI=1S/C11H16BrN3O/c1-2-10-14-9(12)5-11(15-10)13-6-8(16)7-3-4-7/h5,7-8,16H,2-4,6H2,1H3,(H,13,14,15). The molecule has 0 bridgehead atoms. The van der Waals surface area contributed by atoms with E-state index in [9.17, 15) is 5.11 Å². The Kier molecular flexibility index (Phi) is 3.76. The molecule has 5 heteroatoms. The van der Waals surface area contributed by atoms with Gasteiger partial charge in [0.15, 0.2) is 0 Å². The van der Waals surface area contributed by atoms with Crippen LogP contribution in [0.1, 0.15) is 25.6 Å². The lowest BCUT2D eigenvalue weighted by molar-refractivity contribution is 0.164. The highest BCUT2D eigenvalue weighted by Gasteiger charge is 2.29. The SMILES string of the molecule is CCc1nc(Br)cc(NCC(O)C2CC2)n1. The van der Waals surface area contributed by atoms with Crippen LogP contribution in [0.5, 0.6) is 0 Å². The van der Waals surface area contributed by atoms with Gasteiger partial charge in [-0.3, -0.25) is 0 Å². The fourth-order valence-electron chi connectivity index (χ4n) is 1.57. The van der Waals surface area contributed by atoms with Crippen LogP contribution in [0.4, 0.5) is 5.82 Å². The smallest absolute Gasteiger partial charge is 0.131 e. The van der Waals surface area contributed by atoms with E-state index in [0.29, 0.717) is 12.5 Å². The molecule has 2 rings (SSSR count). The van der Waals surface area contributed by atoms with Gasteiger partial charge in [-0.15, -0.1) is 0 Å². The molecule has 0 radical (unpaired) electrons. The maximum atomic E-state index is 9.73. The summed E-state index contributed by atoms with van der Waals surface area (Å²) in [6.45, 7) is 2.59. The summed E-state index contributed by atoms with van der Waals surface area (Å²) in [4.78, 5) is 8.57. The molecular formula is C11H16BrN3O. The Bertz CT molecular complexity index is 368. The number of aryl methyl sites for hydroxylation is 1. The first-order valence-corrected chi connectivity index (χ1v) is 6.43. The summed E-state index contributed by atoms with van der Waals surface area (Å²) < 4.78 is 0.780. The monoisotopic (exact) mass is 285 g/mol. The van der Waals surface area contributed by atoms with Crippen molar-refractivity contribution >= 4 is 21.7 Å². The number of aliphatic hydroxyl groups excluding tert-OH is 1. The highest BCUT2D eigenvalue weighted by Crippen LogP contribution is 2.32. The molecule has 88 valence electrons. The number of anilines is 1. The molecule has 1 aliphatic carbocycles. The van der Waals surface area contributed by atoms with Crippen molar-refractivity contribution in [2.45, 2.75) is 32.3 Å². The summed E-state index contributed by atoms with van der Waals surface area (Å²) >= 11 is 3.35. The van der Waals surface area contributed by atoms with Gasteiger partial charge in [-0.25, -0.2) is 9.97 Å². The minimum Gasteiger partial charge on any atom is -0.391 e. The molecule has 0 aromatic carbocycles. The Morgan fingerprint density at radius 3 is 2.94 bits per heavy atom. The van der Waals surface area contributed by atoms with Crippen molar-refractivity contribution in [3.05, 3.63) is 16.5 Å². The average Bonchev–Trinajstić information content (AvgIpc) is 3.08. The van der Waals surface area contributed by atoms with Crippen LogP contribution in [-0.2, 0) is 6.42 Å². The van der Waals surface area contributed by atoms with E-state index in [4.69, 9.17) is 0 Å². The normalized spacial score (nSPS) is 17.2. The van der Waals surface area contributed by atoms with Gasteiger partial charge in [0.1, 0.15) is 16.2 Å². The van der Waals surface area contributed by atoms with Gasteiger partial charge in [-0.2, -0.15) is 0 Å². The van der Waals surface area contributed by atoms with Gasteiger partial charge in [-0.1, -0.05) is 6.92 Å². The molecule has 1 atom stereocenters. The lowest BCUT2D eigenvalue weighted by Crippen LogP contribution is -2.22. The van der Waals surface area contributed by atoms with Crippen LogP contribution >= 0.6 is 15.9 Å². The van der Waals surface area contributed by atoms with Crippen molar-refractivity contribution in [1.29, 1.82) is 0 Å². The Labute approximate surface area is 104 Å². The quantitative estimate of drug-likeness (QED) is 0.813. The van der Waals surface area contributed by atoms with Gasteiger partial charge < -0.3 is 10.4 Å². The number of aromatic nitrogens is 2. The first-order chi connectivity index (χ1) is 7.69. The summed E-state index contributed by atoms with van der Waals surface area (Å²) in [5.74, 6) is 2.07. The summed E-state index contributed by atoms with van der Waals surface area (Å²) in [6.07, 6.45) is 2.85. The summed E-state index contributed by atoms with van der Waals surface area (Å²) in [5.41, 5.74) is 0. The number of hydrogen-bond acceptors (Lipinski definition) is 4. The molecule has 0 amide bonds. The van der Waals surface area contributed by atoms with E-state index in [2.05, 4.69) is 31.2 Å². The minimum atomic E-state index is -0.251. The second-order valence-electron chi connectivity index (χ2n) is 4.13. The number of nitrogens with zero attached hydrogens (tertiary/aromatic N) is 2. The third-order valence-electron chi connectivity index (χ3n) is 2.72. The molecule has 1 unspecified atom stereocenters. The Balaban J connectivity index is 1.94. The van der Waals surface area contributed by atoms with Crippen LogP contribution in [0.25, 0.3) is 0 Å². The van der Waals surface area contributed by atoms with Gasteiger partial charge in [0.25, 0.3) is 0 Å². The minimum absolute atomic E-state index is 0.251. The lowest BCUT2D eigenvalue weighted by atomic mass is 10.2. The first-order valence-electron chi connectivity index (χ1n) is 5.64. The number of nitrogens with one attached hydrogen (secondary N) is 1. The van der Waals surface area contributed by atoms with Crippen molar-refractivity contribution in [3.8, 4) is 0 Å². The molecule has 2 N–H and O–H groups in total. The lowest BCUT2D eigenvalue weighted by Gasteiger charge is -2.11. The van der Waals surface area contributed by atoms with E-state index < -0.39 is 0 Å². The van der Waals surface area contributed by atoms with E-state index >= 15 is 0 Å². The first kappa shape index (κ1) is 11.8. The summed E-state index contributed by atoms with van der Waals surface area (Å²) in [5, 5.41) is 12.9. The van der Waals surface area contributed by atoms with Gasteiger partial charge in [0.05, 0.1) is 6.10 Å². The predicted octanol–water partition coefficient (Wildman–Crippen LogP) is 1.98. The fourth-order valence-corrected chi connectivity index (χ4v) is 1.99. The molecule has 0 aliphatic heterocycles. The zero-order chi connectivity index (χ0) is 11.5. The summed E-state index contributed by atoms with van der Waals surface area (Å²) in [7, 11) is 0. The molecule has 1 fully saturated rings. The molecule has 16 heavy (non-hydrogen) atoms. The molecular weight excluding hydrogens is 270 g/mol. The third-order valence-corrected chi connectivity index (χ3v) is 3.12. The van der Waals surface area contributed by atoms with Crippen LogP contribution < -0.4 is 5.32 Å². The van der Waals surface area contributed by atoms with Crippen molar-refractivity contribution < 1.29 is 5.11 Å². The van der Waals surface area contributed by atoms with Gasteiger partial charge in [0, 0.05) is 19.0 Å². The third kappa shape index (κ3) is 3.15. The van der Waals surface area contributed by atoms with Gasteiger partial charge >= 0.3 is 0 Å². The zero-order valence-corrected chi connectivity index (χ0v) is 10.9. The molecule has 0 spiro atoms. The highest BCUT2D eigenvalue weighted by molar-refractivity contribution is 9.10. The van der Waals surface area contributed by atoms with Crippen molar-refractivity contribution in [1.82, 2.24) is 9.97 Å². The maximum Gasteiger partial charge on any atom is 0.131 e. The Morgan fingerprint density at radius 2 is 2.31 bits per heavy atom. The zero-order valence-electron chi connectivity index (χ0n) is 9.28. The molecule has 1 saturated carbocycles. The van der Waals surface area contributed by atoms with E-state index in [1.807, 2.05) is 13.0 Å². The van der Waals surface area contributed by atoms with Crippen LogP contribution in [-0.4, -0.2) is 27.7 Å². The second-order valence-corrected chi connectivity index (χ2v) is 4.94. The van der Waals surface area contributed by atoms with Crippen LogP contribution in [0.3, 0.4) is 0 Å². The Morgan fingerprint density at radius 1 is 1.56 bits per heavy atom. The molecule has 0 saturated heterocycles. The van der Waals surface area contributed by atoms with Crippen molar-refractivity contribution in [2.24, 2.45) is 5.92 Å². The number of halogens is 1. The topological polar surface area (TPSA) is 58.0 Å². The average molecular weight is 286 g/mol. The highest BCUT2D eigenvalue weighted by atomic mass is 79.9. The second kappa shape index (κ2) is 5.10. The van der Waals surface area contributed by atoms with Gasteiger partial charge in [0.2, 0.25) is 0 Å². The Hall–Kier alpha value is -0.680. The molecule has 1 aliphatic rings. The number of hydrogen-bond donors (Lipinski definition) is 2. The molecule has 1 heterocycles. The van der Waals surface area contributed by atoms with E-state index in [0.717, 1.165) is 35.5 Å². The molecule has 4 nitrogen and oxygen atoms in total. The van der Waals surface area contributed by atoms with Crippen molar-refractivity contribution in [3.63, 3.8) is 0 Å². The fraction of sp³-hybridized carbons (Fsp3) is 0.636. The number of aliphatic hydroxyl groups is 1. The van der Waals surface area contributed by atoms with Gasteiger partial charge in [-0.05, 0) is 34.7 Å². The van der Waals surface area contributed by atoms with Crippen LogP contribution in [0.15, 0.2) is 10.7 Å². The van der Waals surface area contributed by atoms with E-state index in [1.165, 1.54) is 0 Å². The predicted molar refractivity (Wildman–Crippen MR) is 66.3 cm³/mol. The maximum absolute atomic E-state index is 9.73. The van der Waals surface area contributed by atoms with Crippen molar-refractivity contribution in [2.75, 3.05) is 11.9 Å². The molecule has 1 aromatic rings. The largest absolute Gasteiger partial charge is 0.391 e. The molecule has 1 aromatic heterocycles. The summed E-state index contributed by atoms with van der Waals surface area (Å²) in [6, 6.07) is 1.83. The van der Waals surface area contributed by atoms with Crippen LogP contribution in [0.2, 0.25) is 0 Å². The number of rotatable bonds is 5. The van der Waals surface area contributed by atoms with E-state index in [-0.39, 0.29) is 6.10 Å². The van der Waals surface area contributed by atoms with E-state index in [1.54, 1.807) is 0 Å². The van der Waals surface area contributed by atoms with Crippen LogP contribution in [0, 0.1) is 5.92 Å².